The molecule has 3 heteroatoms. The summed E-state index contributed by atoms with van der Waals surface area (Å²) < 4.78 is 0. The van der Waals surface area contributed by atoms with Crippen LogP contribution in [0, 0.1) is 0 Å². The lowest BCUT2D eigenvalue weighted by atomic mass is 10.1. The van der Waals surface area contributed by atoms with Crippen molar-refractivity contribution in [2.45, 2.75) is 44.8 Å². The maximum atomic E-state index is 3.32. The van der Waals surface area contributed by atoms with Crippen molar-refractivity contribution in [2.24, 2.45) is 0 Å². The highest BCUT2D eigenvalue weighted by Gasteiger charge is 2.27. The van der Waals surface area contributed by atoms with E-state index in [1.807, 2.05) is 7.05 Å². The third-order valence-electron chi connectivity index (χ3n) is 3.74. The van der Waals surface area contributed by atoms with E-state index in [1.165, 1.54) is 25.9 Å². The first-order valence-corrected chi connectivity index (χ1v) is 6.12. The van der Waals surface area contributed by atoms with Gasteiger partial charge >= 0.3 is 0 Å². The molecule has 0 amide bonds. The van der Waals surface area contributed by atoms with Crippen LogP contribution >= 0.6 is 0 Å². The van der Waals surface area contributed by atoms with Gasteiger partial charge in [-0.3, -0.25) is 4.90 Å². The van der Waals surface area contributed by atoms with Gasteiger partial charge < -0.3 is 10.2 Å². The summed E-state index contributed by atoms with van der Waals surface area (Å²) in [6.45, 7) is 7.12. The van der Waals surface area contributed by atoms with Crippen molar-refractivity contribution in [2.75, 3.05) is 34.2 Å². The molecule has 15 heavy (non-hydrogen) atoms. The number of nitrogens with zero attached hydrogens (tertiary/aromatic N) is 2. The van der Waals surface area contributed by atoms with E-state index >= 15 is 0 Å². The Balaban J connectivity index is 2.33. The summed E-state index contributed by atoms with van der Waals surface area (Å²) in [6, 6.07) is 2.09. The van der Waals surface area contributed by atoms with Crippen molar-refractivity contribution >= 4 is 0 Å². The molecule has 1 rings (SSSR count). The smallest absolute Gasteiger partial charge is 0.0229 e. The molecular formula is C12H27N3. The zero-order chi connectivity index (χ0) is 11.4. The number of nitrogens with one attached hydrogen (secondary N) is 1. The van der Waals surface area contributed by atoms with Gasteiger partial charge in [-0.2, -0.15) is 0 Å². The second-order valence-corrected chi connectivity index (χ2v) is 5.18. The van der Waals surface area contributed by atoms with Crippen LogP contribution < -0.4 is 5.32 Å². The molecule has 90 valence electrons. The summed E-state index contributed by atoms with van der Waals surface area (Å²) in [6.07, 6.45) is 2.57. The minimum Gasteiger partial charge on any atom is -0.317 e. The van der Waals surface area contributed by atoms with Crippen LogP contribution in [0.1, 0.15) is 26.7 Å². The fourth-order valence-corrected chi connectivity index (χ4v) is 2.37. The Morgan fingerprint density at radius 1 is 1.40 bits per heavy atom. The van der Waals surface area contributed by atoms with Crippen molar-refractivity contribution in [1.29, 1.82) is 0 Å². The normalized spacial score (nSPS) is 27.2. The highest BCUT2D eigenvalue weighted by Crippen LogP contribution is 2.18. The summed E-state index contributed by atoms with van der Waals surface area (Å²) in [5, 5.41) is 3.32. The lowest BCUT2D eigenvalue weighted by Crippen LogP contribution is -2.38. The number of rotatable bonds is 5. The van der Waals surface area contributed by atoms with Crippen LogP contribution in [-0.4, -0.2) is 62.2 Å². The Morgan fingerprint density at radius 3 is 2.53 bits per heavy atom. The predicted molar refractivity (Wildman–Crippen MR) is 66.3 cm³/mol. The summed E-state index contributed by atoms with van der Waals surface area (Å²) >= 11 is 0. The number of hydrogen-bond donors (Lipinski definition) is 1. The fourth-order valence-electron chi connectivity index (χ4n) is 2.37. The fraction of sp³-hybridized carbons (Fsp3) is 1.00. The summed E-state index contributed by atoms with van der Waals surface area (Å²) in [5.41, 5.74) is 0. The van der Waals surface area contributed by atoms with Crippen LogP contribution in [0.2, 0.25) is 0 Å². The Morgan fingerprint density at radius 2 is 2.07 bits per heavy atom. The molecule has 1 saturated heterocycles. The highest BCUT2D eigenvalue weighted by molar-refractivity contribution is 4.84. The zero-order valence-electron chi connectivity index (χ0n) is 11.0. The maximum absolute atomic E-state index is 3.32. The monoisotopic (exact) mass is 213 g/mol. The average molecular weight is 213 g/mol. The van der Waals surface area contributed by atoms with Gasteiger partial charge in [0.15, 0.2) is 0 Å². The third-order valence-corrected chi connectivity index (χ3v) is 3.74. The number of hydrogen-bond acceptors (Lipinski definition) is 3. The van der Waals surface area contributed by atoms with E-state index in [9.17, 15) is 0 Å². The van der Waals surface area contributed by atoms with E-state index in [4.69, 9.17) is 0 Å². The van der Waals surface area contributed by atoms with Crippen LogP contribution in [0.4, 0.5) is 0 Å². The van der Waals surface area contributed by atoms with Gasteiger partial charge in [-0.25, -0.2) is 0 Å². The topological polar surface area (TPSA) is 18.5 Å². The average Bonchev–Trinajstić information content (AvgIpc) is 2.66. The molecule has 0 aliphatic carbocycles. The molecule has 3 unspecified atom stereocenters. The van der Waals surface area contributed by atoms with E-state index in [2.05, 4.69) is 43.1 Å². The van der Waals surface area contributed by atoms with Gasteiger partial charge in [-0.15, -0.1) is 0 Å². The third kappa shape index (κ3) is 3.74. The summed E-state index contributed by atoms with van der Waals surface area (Å²) in [7, 11) is 6.42. The van der Waals surface area contributed by atoms with Gasteiger partial charge in [0, 0.05) is 31.2 Å². The Bertz CT molecular complexity index is 182. The first-order chi connectivity index (χ1) is 7.04. The molecule has 1 N–H and O–H groups in total. The van der Waals surface area contributed by atoms with Crippen LogP contribution in [0.15, 0.2) is 0 Å². The molecule has 1 aliphatic rings. The standard InChI is InChI=1S/C12H27N3/c1-10(13-3)8-11(2)15-7-6-12(9-15)14(4)5/h10-13H,6-9H2,1-5H3. The lowest BCUT2D eigenvalue weighted by molar-refractivity contribution is 0.209. The van der Waals surface area contributed by atoms with E-state index in [-0.39, 0.29) is 0 Å². The molecule has 0 aromatic heterocycles. The second kappa shape index (κ2) is 5.83. The SMILES string of the molecule is CNC(C)CC(C)N1CCC(N(C)C)C1. The van der Waals surface area contributed by atoms with Crippen molar-refractivity contribution in [1.82, 2.24) is 15.1 Å². The van der Waals surface area contributed by atoms with E-state index in [0.717, 1.165) is 6.04 Å². The number of likely N-dealkylation sites (N-methyl/N-ethyl adjacent to an activating group) is 1. The van der Waals surface area contributed by atoms with Gasteiger partial charge in [-0.05, 0) is 47.8 Å². The molecule has 1 aliphatic heterocycles. The minimum absolute atomic E-state index is 0.624. The van der Waals surface area contributed by atoms with Crippen LogP contribution in [0.5, 0.6) is 0 Å². The lowest BCUT2D eigenvalue weighted by Gasteiger charge is -2.27. The molecule has 1 fully saturated rings. The second-order valence-electron chi connectivity index (χ2n) is 5.18. The quantitative estimate of drug-likeness (QED) is 0.735. The number of likely N-dealkylation sites (tertiary alicyclic amines) is 1. The molecule has 0 saturated carbocycles. The maximum Gasteiger partial charge on any atom is 0.0229 e. The van der Waals surface area contributed by atoms with E-state index in [0.29, 0.717) is 12.1 Å². The summed E-state index contributed by atoms with van der Waals surface area (Å²) in [5.74, 6) is 0. The molecule has 0 aromatic carbocycles. The molecule has 0 radical (unpaired) electrons. The van der Waals surface area contributed by atoms with Crippen molar-refractivity contribution in [3.05, 3.63) is 0 Å². The first kappa shape index (κ1) is 12.9. The molecule has 0 spiro atoms. The van der Waals surface area contributed by atoms with Gasteiger partial charge in [0.1, 0.15) is 0 Å². The van der Waals surface area contributed by atoms with Gasteiger partial charge in [0.25, 0.3) is 0 Å². The summed E-state index contributed by atoms with van der Waals surface area (Å²) in [4.78, 5) is 4.98. The molecule has 3 atom stereocenters. The molecular weight excluding hydrogens is 186 g/mol. The molecule has 1 heterocycles. The Hall–Kier alpha value is -0.120. The highest BCUT2D eigenvalue weighted by atomic mass is 15.2. The van der Waals surface area contributed by atoms with Gasteiger partial charge in [-0.1, -0.05) is 0 Å². The van der Waals surface area contributed by atoms with E-state index < -0.39 is 0 Å². The van der Waals surface area contributed by atoms with Crippen molar-refractivity contribution in [3.63, 3.8) is 0 Å². The Kier molecular flexibility index (Phi) is 5.03. The van der Waals surface area contributed by atoms with E-state index in [1.54, 1.807) is 0 Å². The zero-order valence-corrected chi connectivity index (χ0v) is 11.0. The first-order valence-electron chi connectivity index (χ1n) is 6.12. The van der Waals surface area contributed by atoms with Crippen molar-refractivity contribution < 1.29 is 0 Å². The largest absolute Gasteiger partial charge is 0.317 e. The molecule has 3 nitrogen and oxygen atoms in total. The predicted octanol–water partition coefficient (Wildman–Crippen LogP) is 1.01. The van der Waals surface area contributed by atoms with Crippen LogP contribution in [0.3, 0.4) is 0 Å². The Labute approximate surface area is 94.8 Å². The minimum atomic E-state index is 0.624. The van der Waals surface area contributed by atoms with Gasteiger partial charge in [0.05, 0.1) is 0 Å². The van der Waals surface area contributed by atoms with Crippen LogP contribution in [0.25, 0.3) is 0 Å². The van der Waals surface area contributed by atoms with Crippen LogP contribution in [-0.2, 0) is 0 Å². The van der Waals surface area contributed by atoms with Crippen molar-refractivity contribution in [3.8, 4) is 0 Å². The van der Waals surface area contributed by atoms with Gasteiger partial charge in [0.2, 0.25) is 0 Å². The molecule has 0 aromatic rings. The molecule has 0 bridgehead atoms.